The summed E-state index contributed by atoms with van der Waals surface area (Å²) in [4.78, 5) is 64.6. The Balaban J connectivity index is 1.37. The second-order valence-corrected chi connectivity index (χ2v) is 9.60. The molecule has 0 fully saturated rings. The van der Waals surface area contributed by atoms with E-state index in [1.165, 1.54) is 6.92 Å². The van der Waals surface area contributed by atoms with Gasteiger partial charge in [0.05, 0.1) is 12.1 Å². The molecule has 0 aliphatic carbocycles. The number of alkyl carbamates (subject to hydrolysis) is 1. The van der Waals surface area contributed by atoms with Crippen molar-refractivity contribution in [2.75, 3.05) is 11.9 Å². The first kappa shape index (κ1) is 30.6. The van der Waals surface area contributed by atoms with Crippen molar-refractivity contribution in [3.8, 4) is 0 Å². The van der Waals surface area contributed by atoms with Crippen molar-refractivity contribution in [2.45, 2.75) is 38.6 Å². The molecule has 3 rings (SSSR count). The molecule has 0 aliphatic rings. The second kappa shape index (κ2) is 15.6. The molecule has 216 valence electrons. The number of carbonyl (C=O) groups excluding carboxylic acids is 4. The van der Waals surface area contributed by atoms with Crippen LogP contribution in [0, 0.1) is 0 Å². The number of rotatable bonds is 13. The molecule has 0 radical (unpaired) electrons. The Bertz CT molecular complexity index is 1340. The average molecular weight is 583 g/mol. The molecule has 0 saturated heterocycles. The zero-order valence-corrected chi connectivity index (χ0v) is 22.9. The van der Waals surface area contributed by atoms with Crippen molar-refractivity contribution in [3.05, 3.63) is 82.9 Å². The fraction of sp³-hybridized carbons (Fsp3) is 0.259. The third-order valence-electron chi connectivity index (χ3n) is 5.46. The first-order chi connectivity index (χ1) is 19.7. The predicted octanol–water partition coefficient (Wildman–Crippen LogP) is 2.01. The first-order valence-corrected chi connectivity index (χ1v) is 13.4. The van der Waals surface area contributed by atoms with Crippen LogP contribution in [0.1, 0.15) is 23.7 Å². The molecule has 0 spiro atoms. The summed E-state index contributed by atoms with van der Waals surface area (Å²) in [5, 5.41) is 23.7. The monoisotopic (exact) mass is 582 g/mol. The summed E-state index contributed by atoms with van der Waals surface area (Å²) < 4.78 is 5.01. The maximum absolute atomic E-state index is 12.4. The fourth-order valence-electron chi connectivity index (χ4n) is 3.35. The Kier molecular flexibility index (Phi) is 11.6. The number of nitrogens with one attached hydrogen (secondary N) is 5. The van der Waals surface area contributed by atoms with Crippen molar-refractivity contribution in [2.24, 2.45) is 0 Å². The zero-order chi connectivity index (χ0) is 29.6. The lowest BCUT2D eigenvalue weighted by Gasteiger charge is -2.18. The van der Waals surface area contributed by atoms with Gasteiger partial charge in [-0.2, -0.15) is 0 Å². The van der Waals surface area contributed by atoms with E-state index in [4.69, 9.17) is 4.74 Å². The van der Waals surface area contributed by atoms with Crippen molar-refractivity contribution < 1.29 is 33.8 Å². The molecular formula is C27H30N6O7S. The van der Waals surface area contributed by atoms with Gasteiger partial charge in [0.1, 0.15) is 18.7 Å². The van der Waals surface area contributed by atoms with Crippen LogP contribution in [0.15, 0.2) is 66.0 Å². The molecule has 0 bridgehead atoms. The van der Waals surface area contributed by atoms with E-state index in [1.807, 2.05) is 30.3 Å². The van der Waals surface area contributed by atoms with Crippen molar-refractivity contribution in [1.29, 1.82) is 0 Å². The molecule has 0 aliphatic heterocycles. The summed E-state index contributed by atoms with van der Waals surface area (Å²) in [7, 11) is 0. The Labute approximate surface area is 239 Å². The summed E-state index contributed by atoms with van der Waals surface area (Å²) in [6, 6.07) is 15.3. The van der Waals surface area contributed by atoms with E-state index in [-0.39, 0.29) is 13.0 Å². The predicted molar refractivity (Wildman–Crippen MR) is 150 cm³/mol. The lowest BCUT2D eigenvalue weighted by molar-refractivity contribution is -0.139. The van der Waals surface area contributed by atoms with Gasteiger partial charge in [-0.1, -0.05) is 60.7 Å². The highest BCUT2D eigenvalue weighted by Gasteiger charge is 2.23. The van der Waals surface area contributed by atoms with Gasteiger partial charge in [0.25, 0.3) is 0 Å². The minimum atomic E-state index is -1.45. The molecule has 14 heteroatoms. The highest BCUT2D eigenvalue weighted by atomic mass is 32.1. The maximum Gasteiger partial charge on any atom is 0.408 e. The smallest absolute Gasteiger partial charge is 0.408 e. The fourth-order valence-corrected chi connectivity index (χ4v) is 4.06. The van der Waals surface area contributed by atoms with Gasteiger partial charge in [0.15, 0.2) is 5.13 Å². The Morgan fingerprint density at radius 1 is 0.927 bits per heavy atom. The molecule has 0 saturated carbocycles. The normalized spacial score (nSPS) is 11.8. The van der Waals surface area contributed by atoms with Gasteiger partial charge < -0.3 is 31.1 Å². The topological polar surface area (TPSA) is 188 Å². The molecule has 41 heavy (non-hydrogen) atoms. The Hall–Kier alpha value is -4.98. The molecule has 1 aromatic heterocycles. The van der Waals surface area contributed by atoms with Gasteiger partial charge in [0, 0.05) is 18.5 Å². The lowest BCUT2D eigenvalue weighted by Crippen LogP contribution is -2.52. The van der Waals surface area contributed by atoms with Crippen LogP contribution < -0.4 is 26.6 Å². The number of carboxylic acid groups (broad SMARTS) is 1. The minimum absolute atomic E-state index is 0.0492. The van der Waals surface area contributed by atoms with Crippen LogP contribution in [0.3, 0.4) is 0 Å². The van der Waals surface area contributed by atoms with E-state index in [1.54, 1.807) is 35.7 Å². The third-order valence-corrected chi connectivity index (χ3v) is 6.27. The molecule has 3 aromatic rings. The average Bonchev–Trinajstić information content (AvgIpc) is 3.39. The standard InChI is InChI=1S/C27H30N6O7S/c1-17(23(35)28-14-21(24(36)37)32-27(39)40-15-19-10-6-3-7-11-19)30-22(34)12-20-16-41-26(31-20)33-25(38)29-13-18-8-4-2-5-9-18/h2-11,16-17,21H,12-15H2,1H3,(H,28,35)(H,30,34)(H,32,39)(H,36,37)(H2,29,31,33,38)/t17-,21+/m1/s1. The van der Waals surface area contributed by atoms with Crippen molar-refractivity contribution >= 4 is 46.4 Å². The number of aromatic nitrogens is 1. The molecule has 5 amide bonds. The van der Waals surface area contributed by atoms with E-state index >= 15 is 0 Å². The van der Waals surface area contributed by atoms with Crippen LogP contribution in [0.5, 0.6) is 0 Å². The van der Waals surface area contributed by atoms with Crippen LogP contribution >= 0.6 is 11.3 Å². The SMILES string of the molecule is C[C@@H](NC(=O)Cc1csc(NC(=O)NCc2ccccc2)n1)C(=O)NC[C@H](NC(=O)OCc1ccccc1)C(=O)O. The van der Waals surface area contributed by atoms with Gasteiger partial charge in [-0.05, 0) is 18.1 Å². The van der Waals surface area contributed by atoms with E-state index in [9.17, 15) is 29.1 Å². The number of thiazole rings is 1. The maximum atomic E-state index is 12.4. The number of hydrogen-bond donors (Lipinski definition) is 6. The van der Waals surface area contributed by atoms with E-state index in [0.29, 0.717) is 17.4 Å². The highest BCUT2D eigenvalue weighted by Crippen LogP contribution is 2.15. The minimum Gasteiger partial charge on any atom is -0.480 e. The molecule has 6 N–H and O–H groups in total. The summed E-state index contributed by atoms with van der Waals surface area (Å²) in [6.07, 6.45) is -1.10. The van der Waals surface area contributed by atoms with Gasteiger partial charge >= 0.3 is 18.1 Å². The van der Waals surface area contributed by atoms with Crippen LogP contribution in [0.25, 0.3) is 0 Å². The zero-order valence-electron chi connectivity index (χ0n) is 22.1. The third kappa shape index (κ3) is 11.0. The number of amides is 5. The van der Waals surface area contributed by atoms with Gasteiger partial charge in [-0.25, -0.2) is 19.4 Å². The Morgan fingerprint density at radius 2 is 1.59 bits per heavy atom. The van der Waals surface area contributed by atoms with Crippen LogP contribution in [0.4, 0.5) is 14.7 Å². The number of carboxylic acids is 1. The van der Waals surface area contributed by atoms with Gasteiger partial charge in [-0.3, -0.25) is 14.9 Å². The summed E-state index contributed by atoms with van der Waals surface area (Å²) in [5.41, 5.74) is 2.05. The summed E-state index contributed by atoms with van der Waals surface area (Å²) in [5.74, 6) is -2.53. The number of hydrogen-bond acceptors (Lipinski definition) is 8. The van der Waals surface area contributed by atoms with E-state index < -0.39 is 48.5 Å². The number of urea groups is 1. The number of anilines is 1. The van der Waals surface area contributed by atoms with E-state index in [2.05, 4.69) is 31.6 Å². The van der Waals surface area contributed by atoms with Gasteiger partial charge in [-0.15, -0.1) is 11.3 Å². The number of ether oxygens (including phenoxy) is 1. The highest BCUT2D eigenvalue weighted by molar-refractivity contribution is 7.13. The van der Waals surface area contributed by atoms with Crippen molar-refractivity contribution in [3.63, 3.8) is 0 Å². The molecular weight excluding hydrogens is 552 g/mol. The first-order valence-electron chi connectivity index (χ1n) is 12.5. The number of nitrogens with zero attached hydrogens (tertiary/aromatic N) is 1. The van der Waals surface area contributed by atoms with Crippen LogP contribution in [-0.2, 0) is 38.7 Å². The summed E-state index contributed by atoms with van der Waals surface area (Å²) in [6.45, 7) is 1.29. The molecule has 2 atom stereocenters. The van der Waals surface area contributed by atoms with E-state index in [0.717, 1.165) is 22.5 Å². The number of carbonyl (C=O) groups is 5. The quantitative estimate of drug-likeness (QED) is 0.176. The molecule has 2 aromatic carbocycles. The Morgan fingerprint density at radius 3 is 2.24 bits per heavy atom. The lowest BCUT2D eigenvalue weighted by atomic mass is 10.2. The number of benzene rings is 2. The van der Waals surface area contributed by atoms with Crippen LogP contribution in [0.2, 0.25) is 0 Å². The number of aliphatic carboxylic acids is 1. The molecule has 1 heterocycles. The van der Waals surface area contributed by atoms with Crippen LogP contribution in [-0.4, -0.2) is 58.6 Å². The van der Waals surface area contributed by atoms with Gasteiger partial charge in [0.2, 0.25) is 11.8 Å². The largest absolute Gasteiger partial charge is 0.480 e. The second-order valence-electron chi connectivity index (χ2n) is 8.75. The molecule has 0 unspecified atom stereocenters. The summed E-state index contributed by atoms with van der Waals surface area (Å²) >= 11 is 1.14. The molecule has 13 nitrogen and oxygen atoms in total. The van der Waals surface area contributed by atoms with Crippen molar-refractivity contribution in [1.82, 2.24) is 26.3 Å².